The number of aromatic nitrogens is 2. The molecule has 0 aliphatic carbocycles. The SMILES string of the molecule is CNCC1CCN(C(=O)c2ccc(CSc3nccn3C)o2)CC1.Cl.Cl. The van der Waals surface area contributed by atoms with Gasteiger partial charge >= 0.3 is 0 Å². The first-order valence-electron chi connectivity index (χ1n) is 8.30. The predicted molar refractivity (Wildman–Crippen MR) is 109 cm³/mol. The van der Waals surface area contributed by atoms with Gasteiger partial charge in [0.2, 0.25) is 0 Å². The second-order valence-corrected chi connectivity index (χ2v) is 7.11. The van der Waals surface area contributed by atoms with Crippen molar-refractivity contribution in [2.45, 2.75) is 23.8 Å². The molecule has 26 heavy (non-hydrogen) atoms. The van der Waals surface area contributed by atoms with Crippen molar-refractivity contribution in [3.8, 4) is 0 Å². The molecule has 0 aromatic carbocycles. The minimum Gasteiger partial charge on any atom is -0.455 e. The van der Waals surface area contributed by atoms with Crippen molar-refractivity contribution in [1.29, 1.82) is 0 Å². The minimum absolute atomic E-state index is 0. The van der Waals surface area contributed by atoms with Crippen molar-refractivity contribution in [1.82, 2.24) is 19.8 Å². The minimum atomic E-state index is 0. The smallest absolute Gasteiger partial charge is 0.289 e. The van der Waals surface area contributed by atoms with Crippen LogP contribution in [0.4, 0.5) is 0 Å². The van der Waals surface area contributed by atoms with Crippen LogP contribution in [0.15, 0.2) is 34.1 Å². The molecule has 3 heterocycles. The lowest BCUT2D eigenvalue weighted by molar-refractivity contribution is 0.0657. The van der Waals surface area contributed by atoms with Gasteiger partial charge in [-0.25, -0.2) is 4.98 Å². The van der Waals surface area contributed by atoms with Crippen LogP contribution < -0.4 is 5.32 Å². The van der Waals surface area contributed by atoms with Gasteiger partial charge in [0, 0.05) is 32.5 Å². The van der Waals surface area contributed by atoms with Crippen LogP contribution in [0, 0.1) is 5.92 Å². The van der Waals surface area contributed by atoms with Gasteiger partial charge < -0.3 is 19.2 Å². The summed E-state index contributed by atoms with van der Waals surface area (Å²) in [6, 6.07) is 3.67. The molecule has 2 aromatic rings. The number of halogens is 2. The molecular formula is C17H26Cl2N4O2S. The summed E-state index contributed by atoms with van der Waals surface area (Å²) in [4.78, 5) is 18.7. The van der Waals surface area contributed by atoms with E-state index in [4.69, 9.17) is 4.42 Å². The van der Waals surface area contributed by atoms with E-state index >= 15 is 0 Å². The number of hydrogen-bond donors (Lipinski definition) is 1. The number of amides is 1. The zero-order valence-electron chi connectivity index (χ0n) is 15.0. The summed E-state index contributed by atoms with van der Waals surface area (Å²) in [7, 11) is 3.94. The molecule has 1 aliphatic rings. The highest BCUT2D eigenvalue weighted by Gasteiger charge is 2.25. The maximum Gasteiger partial charge on any atom is 0.289 e. The van der Waals surface area contributed by atoms with Crippen molar-refractivity contribution < 1.29 is 9.21 Å². The molecule has 1 fully saturated rings. The van der Waals surface area contributed by atoms with Crippen LogP contribution in [0.2, 0.25) is 0 Å². The van der Waals surface area contributed by atoms with E-state index < -0.39 is 0 Å². The van der Waals surface area contributed by atoms with E-state index in [0.29, 0.717) is 17.4 Å². The second-order valence-electron chi connectivity index (χ2n) is 6.17. The van der Waals surface area contributed by atoms with Crippen molar-refractivity contribution in [2.24, 2.45) is 13.0 Å². The average molecular weight is 421 g/mol. The van der Waals surface area contributed by atoms with E-state index in [9.17, 15) is 4.79 Å². The summed E-state index contributed by atoms with van der Waals surface area (Å²) >= 11 is 1.60. The van der Waals surface area contributed by atoms with Crippen molar-refractivity contribution in [3.05, 3.63) is 36.0 Å². The molecule has 0 spiro atoms. The number of thioether (sulfide) groups is 1. The highest BCUT2D eigenvalue weighted by Crippen LogP contribution is 2.23. The Morgan fingerprint density at radius 2 is 2.08 bits per heavy atom. The van der Waals surface area contributed by atoms with Crippen molar-refractivity contribution in [2.75, 3.05) is 26.7 Å². The second kappa shape index (κ2) is 10.9. The Bertz CT molecular complexity index is 684. The molecule has 0 atom stereocenters. The first-order chi connectivity index (χ1) is 11.7. The van der Waals surface area contributed by atoms with E-state index in [1.165, 1.54) is 0 Å². The molecule has 1 N–H and O–H groups in total. The molecule has 3 rings (SSSR count). The highest BCUT2D eigenvalue weighted by atomic mass is 35.5. The molecule has 2 aromatic heterocycles. The van der Waals surface area contributed by atoms with E-state index in [1.807, 2.05) is 35.8 Å². The Morgan fingerprint density at radius 3 is 2.69 bits per heavy atom. The molecule has 0 saturated carbocycles. The van der Waals surface area contributed by atoms with Gasteiger partial charge in [0.1, 0.15) is 5.76 Å². The average Bonchev–Trinajstić information content (AvgIpc) is 3.22. The van der Waals surface area contributed by atoms with Gasteiger partial charge in [-0.15, -0.1) is 24.8 Å². The quantitative estimate of drug-likeness (QED) is 0.726. The van der Waals surface area contributed by atoms with Gasteiger partial charge in [-0.3, -0.25) is 4.79 Å². The molecule has 0 bridgehead atoms. The number of aryl methyl sites for hydroxylation is 1. The fourth-order valence-electron chi connectivity index (χ4n) is 2.98. The number of nitrogens with one attached hydrogen (secondary N) is 1. The number of rotatable bonds is 6. The largest absolute Gasteiger partial charge is 0.455 e. The Morgan fingerprint density at radius 1 is 1.35 bits per heavy atom. The normalized spacial score (nSPS) is 14.6. The highest BCUT2D eigenvalue weighted by molar-refractivity contribution is 7.98. The van der Waals surface area contributed by atoms with Gasteiger partial charge in [-0.05, 0) is 44.5 Å². The molecule has 0 unspecified atom stereocenters. The molecule has 0 radical (unpaired) electrons. The third kappa shape index (κ3) is 5.67. The lowest BCUT2D eigenvalue weighted by Crippen LogP contribution is -2.40. The van der Waals surface area contributed by atoms with Crippen LogP contribution in [-0.2, 0) is 12.8 Å². The number of imidazole rings is 1. The number of hydrogen-bond acceptors (Lipinski definition) is 5. The standard InChI is InChI=1S/C17H24N4O2S.2ClH/c1-18-11-13-5-8-21(9-6-13)16(22)15-4-3-14(23-15)12-24-17-19-7-10-20(17)2;;/h3-4,7,10,13,18H,5-6,8-9,11-12H2,1-2H3;2*1H. The molecule has 146 valence electrons. The Hall–Kier alpha value is -1.15. The monoisotopic (exact) mass is 420 g/mol. The lowest BCUT2D eigenvalue weighted by Gasteiger charge is -2.31. The molecule has 1 saturated heterocycles. The molecule has 9 heteroatoms. The van der Waals surface area contributed by atoms with Crippen molar-refractivity contribution >= 4 is 42.5 Å². The van der Waals surface area contributed by atoms with E-state index in [1.54, 1.807) is 24.0 Å². The van der Waals surface area contributed by atoms with E-state index in [0.717, 1.165) is 43.4 Å². The number of piperidine rings is 1. The van der Waals surface area contributed by atoms with Crippen molar-refractivity contribution in [3.63, 3.8) is 0 Å². The number of nitrogens with zero attached hydrogens (tertiary/aromatic N) is 3. The van der Waals surface area contributed by atoms with Crippen LogP contribution in [-0.4, -0.2) is 47.0 Å². The Balaban J connectivity index is 0.00000169. The van der Waals surface area contributed by atoms with E-state index in [-0.39, 0.29) is 30.7 Å². The maximum atomic E-state index is 12.6. The summed E-state index contributed by atoms with van der Waals surface area (Å²) in [6.45, 7) is 2.64. The fraction of sp³-hybridized carbons (Fsp3) is 0.529. The lowest BCUT2D eigenvalue weighted by atomic mass is 9.97. The van der Waals surface area contributed by atoms with Gasteiger partial charge in [0.15, 0.2) is 10.9 Å². The summed E-state index contributed by atoms with van der Waals surface area (Å²) in [5.41, 5.74) is 0. The number of furan rings is 1. The van der Waals surface area contributed by atoms with Crippen LogP contribution in [0.3, 0.4) is 0 Å². The molecular weight excluding hydrogens is 395 g/mol. The van der Waals surface area contributed by atoms with Crippen LogP contribution in [0.1, 0.15) is 29.2 Å². The predicted octanol–water partition coefficient (Wildman–Crippen LogP) is 3.22. The first kappa shape index (κ1) is 22.9. The topological polar surface area (TPSA) is 63.3 Å². The van der Waals surface area contributed by atoms with Crippen LogP contribution in [0.25, 0.3) is 0 Å². The van der Waals surface area contributed by atoms with Gasteiger partial charge in [0.25, 0.3) is 5.91 Å². The zero-order valence-corrected chi connectivity index (χ0v) is 17.5. The summed E-state index contributed by atoms with van der Waals surface area (Å²) in [5.74, 6) is 2.59. The number of carbonyl (C=O) groups is 1. The molecule has 1 amide bonds. The number of carbonyl (C=O) groups excluding carboxylic acids is 1. The van der Waals surface area contributed by atoms with Crippen LogP contribution in [0.5, 0.6) is 0 Å². The summed E-state index contributed by atoms with van der Waals surface area (Å²) in [6.07, 6.45) is 5.79. The summed E-state index contributed by atoms with van der Waals surface area (Å²) in [5, 5.41) is 4.15. The first-order valence-corrected chi connectivity index (χ1v) is 9.28. The third-order valence-electron chi connectivity index (χ3n) is 4.39. The summed E-state index contributed by atoms with van der Waals surface area (Å²) < 4.78 is 7.72. The Labute approximate surface area is 170 Å². The molecule has 1 aliphatic heterocycles. The fourth-order valence-corrected chi connectivity index (χ4v) is 3.81. The zero-order chi connectivity index (χ0) is 16.9. The van der Waals surface area contributed by atoms with E-state index in [2.05, 4.69) is 10.3 Å². The number of likely N-dealkylation sites (tertiary alicyclic amines) is 1. The molecule has 6 nitrogen and oxygen atoms in total. The van der Waals surface area contributed by atoms with Gasteiger partial charge in [-0.1, -0.05) is 11.8 Å². The van der Waals surface area contributed by atoms with Crippen LogP contribution >= 0.6 is 36.6 Å². The Kier molecular flexibility index (Phi) is 9.57. The third-order valence-corrected chi connectivity index (χ3v) is 5.47. The van der Waals surface area contributed by atoms with Gasteiger partial charge in [-0.2, -0.15) is 0 Å². The maximum absolute atomic E-state index is 12.6. The van der Waals surface area contributed by atoms with Gasteiger partial charge in [0.05, 0.1) is 5.75 Å².